The van der Waals surface area contributed by atoms with Gasteiger partial charge in [0, 0.05) is 6.20 Å². The lowest BCUT2D eigenvalue weighted by molar-refractivity contribution is 0.318. The Morgan fingerprint density at radius 1 is 1.59 bits per heavy atom. The van der Waals surface area contributed by atoms with Gasteiger partial charge < -0.3 is 15.4 Å². The minimum atomic E-state index is 0.00359. The predicted octanol–water partition coefficient (Wildman–Crippen LogP) is 1.62. The third-order valence-electron chi connectivity index (χ3n) is 1.94. The standard InChI is InChI=1S/C10H10N4O2S/c1-6-5-16-10(13-6)17-9-7(8(11)14-15)3-2-4-12-9/h2-5,15H,1H3,(H2,11,14). The third-order valence-corrected chi connectivity index (χ3v) is 2.82. The average molecular weight is 250 g/mol. The molecule has 0 saturated heterocycles. The first-order valence-electron chi connectivity index (χ1n) is 4.73. The number of hydrogen-bond donors (Lipinski definition) is 2. The summed E-state index contributed by atoms with van der Waals surface area (Å²) in [6.07, 6.45) is 3.17. The van der Waals surface area contributed by atoms with E-state index in [0.29, 0.717) is 15.8 Å². The molecule has 2 rings (SSSR count). The molecule has 0 radical (unpaired) electrons. The van der Waals surface area contributed by atoms with Crippen molar-refractivity contribution < 1.29 is 9.62 Å². The molecule has 0 aliphatic rings. The Kier molecular flexibility index (Phi) is 3.29. The van der Waals surface area contributed by atoms with Gasteiger partial charge in [0.05, 0.1) is 11.3 Å². The van der Waals surface area contributed by atoms with Gasteiger partial charge in [-0.1, -0.05) is 5.16 Å². The van der Waals surface area contributed by atoms with Gasteiger partial charge in [-0.15, -0.1) is 0 Å². The minimum absolute atomic E-state index is 0.00359. The maximum Gasteiger partial charge on any atom is 0.262 e. The molecule has 0 atom stereocenters. The normalized spacial score (nSPS) is 11.7. The lowest BCUT2D eigenvalue weighted by Gasteiger charge is -2.03. The topological polar surface area (TPSA) is 97.5 Å². The van der Waals surface area contributed by atoms with Crippen molar-refractivity contribution >= 4 is 17.6 Å². The Morgan fingerprint density at radius 2 is 2.41 bits per heavy atom. The minimum Gasteiger partial charge on any atom is -0.439 e. The van der Waals surface area contributed by atoms with Gasteiger partial charge in [0.25, 0.3) is 5.22 Å². The highest BCUT2D eigenvalue weighted by Gasteiger charge is 2.12. The smallest absolute Gasteiger partial charge is 0.262 e. The molecule has 0 unspecified atom stereocenters. The third kappa shape index (κ3) is 2.56. The van der Waals surface area contributed by atoms with Crippen LogP contribution >= 0.6 is 11.8 Å². The largest absolute Gasteiger partial charge is 0.439 e. The lowest BCUT2D eigenvalue weighted by Crippen LogP contribution is -2.14. The zero-order valence-corrected chi connectivity index (χ0v) is 9.81. The van der Waals surface area contributed by atoms with Crippen molar-refractivity contribution in [2.24, 2.45) is 10.9 Å². The van der Waals surface area contributed by atoms with Crippen LogP contribution in [-0.2, 0) is 0 Å². The number of aromatic nitrogens is 2. The summed E-state index contributed by atoms with van der Waals surface area (Å²) in [6.45, 7) is 1.83. The Bertz CT molecular complexity index is 553. The van der Waals surface area contributed by atoms with E-state index in [1.165, 1.54) is 11.8 Å². The fraction of sp³-hybridized carbons (Fsp3) is 0.100. The monoisotopic (exact) mass is 250 g/mol. The maximum atomic E-state index is 8.67. The van der Waals surface area contributed by atoms with E-state index in [2.05, 4.69) is 15.1 Å². The van der Waals surface area contributed by atoms with E-state index in [9.17, 15) is 0 Å². The molecule has 0 saturated carbocycles. The first-order chi connectivity index (χ1) is 8.20. The fourth-order valence-electron chi connectivity index (χ4n) is 1.18. The van der Waals surface area contributed by atoms with Crippen LogP contribution in [0.1, 0.15) is 11.3 Å². The molecule has 0 spiro atoms. The zero-order chi connectivity index (χ0) is 12.3. The quantitative estimate of drug-likeness (QED) is 0.372. The number of nitrogens with two attached hydrogens (primary N) is 1. The fourth-order valence-corrected chi connectivity index (χ4v) is 2.03. The molecule has 3 N–H and O–H groups in total. The van der Waals surface area contributed by atoms with Crippen LogP contribution in [0.25, 0.3) is 0 Å². The Morgan fingerprint density at radius 3 is 3.06 bits per heavy atom. The van der Waals surface area contributed by atoms with Crippen LogP contribution in [0.3, 0.4) is 0 Å². The Labute approximate surface area is 102 Å². The molecule has 88 valence electrons. The van der Waals surface area contributed by atoms with E-state index in [1.807, 2.05) is 6.92 Å². The predicted molar refractivity (Wildman–Crippen MR) is 62.1 cm³/mol. The van der Waals surface area contributed by atoms with Crippen LogP contribution in [0.5, 0.6) is 0 Å². The van der Waals surface area contributed by atoms with Crippen molar-refractivity contribution in [3.8, 4) is 0 Å². The maximum absolute atomic E-state index is 8.67. The summed E-state index contributed by atoms with van der Waals surface area (Å²) in [7, 11) is 0. The second kappa shape index (κ2) is 4.88. The molecule has 0 fully saturated rings. The van der Waals surface area contributed by atoms with E-state index < -0.39 is 0 Å². The summed E-state index contributed by atoms with van der Waals surface area (Å²) >= 11 is 1.22. The van der Waals surface area contributed by atoms with Crippen LogP contribution in [0.4, 0.5) is 0 Å². The van der Waals surface area contributed by atoms with Crippen LogP contribution in [0, 0.1) is 6.92 Å². The van der Waals surface area contributed by atoms with Gasteiger partial charge in [0.1, 0.15) is 11.3 Å². The van der Waals surface area contributed by atoms with Crippen molar-refractivity contribution in [3.63, 3.8) is 0 Å². The molecule has 2 aromatic heterocycles. The Balaban J connectivity index is 2.32. The molecule has 0 aromatic carbocycles. The summed E-state index contributed by atoms with van der Waals surface area (Å²) < 4.78 is 5.21. The number of oxazole rings is 1. The molecule has 0 bridgehead atoms. The van der Waals surface area contributed by atoms with E-state index in [0.717, 1.165) is 5.69 Å². The summed E-state index contributed by atoms with van der Waals surface area (Å²) in [5, 5.41) is 12.7. The molecule has 0 aliphatic heterocycles. The highest BCUT2D eigenvalue weighted by atomic mass is 32.2. The summed E-state index contributed by atoms with van der Waals surface area (Å²) in [5.74, 6) is 0.00359. The molecule has 0 amide bonds. The number of nitrogens with zero attached hydrogens (tertiary/aromatic N) is 3. The number of aryl methyl sites for hydroxylation is 1. The van der Waals surface area contributed by atoms with Crippen LogP contribution in [0.2, 0.25) is 0 Å². The van der Waals surface area contributed by atoms with Gasteiger partial charge in [0.2, 0.25) is 0 Å². The van der Waals surface area contributed by atoms with E-state index in [1.54, 1.807) is 24.6 Å². The highest BCUT2D eigenvalue weighted by molar-refractivity contribution is 7.99. The SMILES string of the molecule is Cc1coc(Sc2ncccc2/C(N)=N/O)n1. The van der Waals surface area contributed by atoms with Gasteiger partial charge in [-0.3, -0.25) is 0 Å². The number of pyridine rings is 1. The number of rotatable bonds is 3. The zero-order valence-electron chi connectivity index (χ0n) is 8.99. The van der Waals surface area contributed by atoms with Gasteiger partial charge in [0.15, 0.2) is 5.84 Å². The van der Waals surface area contributed by atoms with Gasteiger partial charge in [-0.05, 0) is 30.8 Å². The van der Waals surface area contributed by atoms with Crippen molar-refractivity contribution in [2.75, 3.05) is 0 Å². The molecule has 6 nitrogen and oxygen atoms in total. The lowest BCUT2D eigenvalue weighted by atomic mass is 10.3. The molecule has 17 heavy (non-hydrogen) atoms. The van der Waals surface area contributed by atoms with Crippen LogP contribution in [-0.4, -0.2) is 21.0 Å². The molecule has 7 heteroatoms. The number of hydrogen-bond acceptors (Lipinski definition) is 6. The second-order valence-corrected chi connectivity index (χ2v) is 4.14. The summed E-state index contributed by atoms with van der Waals surface area (Å²) in [5.41, 5.74) is 6.87. The Hall–Kier alpha value is -2.02. The van der Waals surface area contributed by atoms with Crippen LogP contribution in [0.15, 0.2) is 44.4 Å². The first kappa shape index (κ1) is 11.5. The number of amidine groups is 1. The number of oxime groups is 1. The molecule has 2 heterocycles. The molecular weight excluding hydrogens is 240 g/mol. The van der Waals surface area contributed by atoms with Crippen molar-refractivity contribution in [3.05, 3.63) is 35.9 Å². The summed E-state index contributed by atoms with van der Waals surface area (Å²) in [4.78, 5) is 8.29. The molecule has 2 aromatic rings. The first-order valence-corrected chi connectivity index (χ1v) is 5.55. The molecular formula is C10H10N4O2S. The van der Waals surface area contributed by atoms with E-state index >= 15 is 0 Å². The average Bonchev–Trinajstić information content (AvgIpc) is 2.74. The second-order valence-electron chi connectivity index (χ2n) is 3.20. The van der Waals surface area contributed by atoms with Crippen molar-refractivity contribution in [1.29, 1.82) is 0 Å². The highest BCUT2D eigenvalue weighted by Crippen LogP contribution is 2.27. The van der Waals surface area contributed by atoms with Crippen molar-refractivity contribution in [2.45, 2.75) is 17.2 Å². The van der Waals surface area contributed by atoms with E-state index in [-0.39, 0.29) is 5.84 Å². The van der Waals surface area contributed by atoms with E-state index in [4.69, 9.17) is 15.4 Å². The van der Waals surface area contributed by atoms with Crippen molar-refractivity contribution in [1.82, 2.24) is 9.97 Å². The van der Waals surface area contributed by atoms with Gasteiger partial charge in [-0.25, -0.2) is 9.97 Å². The van der Waals surface area contributed by atoms with Gasteiger partial charge in [-0.2, -0.15) is 0 Å². The summed E-state index contributed by atoms with van der Waals surface area (Å²) in [6, 6.07) is 3.42. The van der Waals surface area contributed by atoms with Crippen LogP contribution < -0.4 is 5.73 Å². The molecule has 0 aliphatic carbocycles. The van der Waals surface area contributed by atoms with Gasteiger partial charge >= 0.3 is 0 Å².